The van der Waals surface area contributed by atoms with Crippen LogP contribution in [0.25, 0.3) is 11.5 Å². The highest BCUT2D eigenvalue weighted by Crippen LogP contribution is 2.18. The summed E-state index contributed by atoms with van der Waals surface area (Å²) in [6.07, 6.45) is 4.34. The lowest BCUT2D eigenvalue weighted by Crippen LogP contribution is -2.09. The number of aromatic nitrogens is 4. The van der Waals surface area contributed by atoms with Crippen LogP contribution in [0.3, 0.4) is 0 Å². The number of nitrogens with two attached hydrogens (primary N) is 1. The van der Waals surface area contributed by atoms with Gasteiger partial charge in [-0.15, -0.1) is 0 Å². The molecule has 0 saturated carbocycles. The van der Waals surface area contributed by atoms with Gasteiger partial charge in [0, 0.05) is 18.4 Å². The van der Waals surface area contributed by atoms with Gasteiger partial charge in [0.25, 0.3) is 0 Å². The molecule has 0 atom stereocenters. The highest BCUT2D eigenvalue weighted by molar-refractivity contribution is 5.49. The minimum atomic E-state index is 0.621. The molecule has 2 aromatic rings. The van der Waals surface area contributed by atoms with Gasteiger partial charge in [-0.2, -0.15) is 0 Å². The molecule has 0 aliphatic heterocycles. The zero-order valence-corrected chi connectivity index (χ0v) is 10.4. The van der Waals surface area contributed by atoms with E-state index in [0.29, 0.717) is 6.54 Å². The SMILES string of the molecule is Cc1nc(-c2cncn2C)nc(C)c1CCN. The third-order valence-corrected chi connectivity index (χ3v) is 2.86. The van der Waals surface area contributed by atoms with Gasteiger partial charge in [-0.25, -0.2) is 15.0 Å². The molecule has 2 heterocycles. The van der Waals surface area contributed by atoms with Crippen molar-refractivity contribution in [1.82, 2.24) is 19.5 Å². The monoisotopic (exact) mass is 231 g/mol. The molecule has 0 radical (unpaired) electrons. The number of hydrogen-bond acceptors (Lipinski definition) is 4. The van der Waals surface area contributed by atoms with E-state index in [2.05, 4.69) is 15.0 Å². The lowest BCUT2D eigenvalue weighted by Gasteiger charge is -2.10. The molecule has 5 nitrogen and oxygen atoms in total. The van der Waals surface area contributed by atoms with E-state index in [1.165, 1.54) is 0 Å². The third kappa shape index (κ3) is 2.19. The number of aryl methyl sites for hydroxylation is 3. The molecule has 2 N–H and O–H groups in total. The smallest absolute Gasteiger partial charge is 0.178 e. The second-order valence-electron chi connectivity index (χ2n) is 4.13. The van der Waals surface area contributed by atoms with Gasteiger partial charge in [-0.3, -0.25) is 0 Å². The minimum Gasteiger partial charge on any atom is -0.331 e. The highest BCUT2D eigenvalue weighted by atomic mass is 15.1. The first kappa shape index (κ1) is 11.7. The first-order chi connectivity index (χ1) is 8.13. The van der Waals surface area contributed by atoms with E-state index in [1.807, 2.05) is 25.5 Å². The zero-order valence-electron chi connectivity index (χ0n) is 10.4. The summed E-state index contributed by atoms with van der Waals surface area (Å²) in [5, 5.41) is 0. The van der Waals surface area contributed by atoms with Crippen LogP contribution in [0.15, 0.2) is 12.5 Å². The van der Waals surface area contributed by atoms with Gasteiger partial charge in [-0.05, 0) is 32.4 Å². The van der Waals surface area contributed by atoms with Crippen LogP contribution in [0.5, 0.6) is 0 Å². The number of rotatable bonds is 3. The Kier molecular flexibility index (Phi) is 3.19. The summed E-state index contributed by atoms with van der Waals surface area (Å²) in [5.74, 6) is 0.723. The fraction of sp³-hybridized carbons (Fsp3) is 0.417. The summed E-state index contributed by atoms with van der Waals surface area (Å²) in [4.78, 5) is 13.1. The Bertz CT molecular complexity index is 506. The molecule has 17 heavy (non-hydrogen) atoms. The van der Waals surface area contributed by atoms with Crippen LogP contribution in [0.2, 0.25) is 0 Å². The summed E-state index contributed by atoms with van der Waals surface area (Å²) in [7, 11) is 1.93. The second-order valence-corrected chi connectivity index (χ2v) is 4.13. The van der Waals surface area contributed by atoms with E-state index in [1.54, 1.807) is 12.5 Å². The van der Waals surface area contributed by atoms with Crippen LogP contribution in [-0.2, 0) is 13.5 Å². The Balaban J connectivity index is 2.49. The van der Waals surface area contributed by atoms with E-state index < -0.39 is 0 Å². The maximum atomic E-state index is 5.59. The van der Waals surface area contributed by atoms with Gasteiger partial charge in [0.1, 0.15) is 5.69 Å². The van der Waals surface area contributed by atoms with Gasteiger partial charge in [0.2, 0.25) is 0 Å². The minimum absolute atomic E-state index is 0.621. The molecule has 0 aliphatic rings. The molecule has 2 aromatic heterocycles. The number of nitrogens with zero attached hydrogens (tertiary/aromatic N) is 4. The van der Waals surface area contributed by atoms with Crippen LogP contribution in [-0.4, -0.2) is 26.1 Å². The summed E-state index contributed by atoms with van der Waals surface area (Å²) >= 11 is 0. The first-order valence-corrected chi connectivity index (χ1v) is 5.64. The first-order valence-electron chi connectivity index (χ1n) is 5.64. The van der Waals surface area contributed by atoms with Crippen molar-refractivity contribution in [3.63, 3.8) is 0 Å². The molecule has 90 valence electrons. The standard InChI is InChI=1S/C12H17N5/c1-8-10(4-5-13)9(2)16-12(15-8)11-6-14-7-17(11)3/h6-7H,4-5,13H2,1-3H3. The van der Waals surface area contributed by atoms with Gasteiger partial charge < -0.3 is 10.3 Å². The average Bonchev–Trinajstić information content (AvgIpc) is 2.69. The quantitative estimate of drug-likeness (QED) is 0.855. The van der Waals surface area contributed by atoms with E-state index >= 15 is 0 Å². The molecule has 0 fully saturated rings. The van der Waals surface area contributed by atoms with E-state index in [-0.39, 0.29) is 0 Å². The van der Waals surface area contributed by atoms with Gasteiger partial charge in [0.05, 0.1) is 12.5 Å². The van der Waals surface area contributed by atoms with Crippen molar-refractivity contribution in [2.75, 3.05) is 6.54 Å². The van der Waals surface area contributed by atoms with Crippen molar-refractivity contribution >= 4 is 0 Å². The predicted octanol–water partition coefficient (Wildman–Crippen LogP) is 0.995. The Morgan fingerprint density at radius 1 is 1.24 bits per heavy atom. The molecule has 0 aromatic carbocycles. The highest BCUT2D eigenvalue weighted by Gasteiger charge is 2.11. The van der Waals surface area contributed by atoms with Crippen LogP contribution >= 0.6 is 0 Å². The fourth-order valence-corrected chi connectivity index (χ4v) is 1.93. The van der Waals surface area contributed by atoms with Crippen molar-refractivity contribution < 1.29 is 0 Å². The van der Waals surface area contributed by atoms with Gasteiger partial charge in [-0.1, -0.05) is 0 Å². The van der Waals surface area contributed by atoms with E-state index in [0.717, 1.165) is 34.9 Å². The summed E-state index contributed by atoms with van der Waals surface area (Å²) in [6, 6.07) is 0. The summed E-state index contributed by atoms with van der Waals surface area (Å²) in [5.41, 5.74) is 9.66. The molecule has 0 amide bonds. The molecular formula is C12H17N5. The molecular weight excluding hydrogens is 214 g/mol. The third-order valence-electron chi connectivity index (χ3n) is 2.86. The Labute approximate surface area is 101 Å². The molecule has 0 spiro atoms. The number of imidazole rings is 1. The average molecular weight is 231 g/mol. The van der Waals surface area contributed by atoms with Gasteiger partial charge in [0.15, 0.2) is 5.82 Å². The molecule has 0 bridgehead atoms. The largest absolute Gasteiger partial charge is 0.331 e. The van der Waals surface area contributed by atoms with Crippen LogP contribution in [0, 0.1) is 13.8 Å². The lowest BCUT2D eigenvalue weighted by atomic mass is 10.1. The van der Waals surface area contributed by atoms with Crippen molar-refractivity contribution in [1.29, 1.82) is 0 Å². The topological polar surface area (TPSA) is 69.6 Å². The molecule has 5 heteroatoms. The maximum Gasteiger partial charge on any atom is 0.178 e. The second kappa shape index (κ2) is 4.63. The Morgan fingerprint density at radius 3 is 2.35 bits per heavy atom. The Hall–Kier alpha value is -1.75. The van der Waals surface area contributed by atoms with E-state index in [9.17, 15) is 0 Å². The van der Waals surface area contributed by atoms with Gasteiger partial charge >= 0.3 is 0 Å². The van der Waals surface area contributed by atoms with Crippen LogP contribution in [0.4, 0.5) is 0 Å². The van der Waals surface area contributed by atoms with E-state index in [4.69, 9.17) is 5.73 Å². The zero-order chi connectivity index (χ0) is 12.4. The van der Waals surface area contributed by atoms with Crippen LogP contribution in [0.1, 0.15) is 17.0 Å². The number of hydrogen-bond donors (Lipinski definition) is 1. The molecule has 0 saturated heterocycles. The normalized spacial score (nSPS) is 10.8. The van der Waals surface area contributed by atoms with Crippen molar-refractivity contribution in [2.24, 2.45) is 12.8 Å². The predicted molar refractivity (Wildman–Crippen MR) is 66.5 cm³/mol. The summed E-state index contributed by atoms with van der Waals surface area (Å²) in [6.45, 7) is 4.62. The van der Waals surface area contributed by atoms with Crippen LogP contribution < -0.4 is 5.73 Å². The summed E-state index contributed by atoms with van der Waals surface area (Å²) < 4.78 is 1.91. The molecule has 0 unspecified atom stereocenters. The van der Waals surface area contributed by atoms with Crippen molar-refractivity contribution in [2.45, 2.75) is 20.3 Å². The fourth-order valence-electron chi connectivity index (χ4n) is 1.93. The molecule has 2 rings (SSSR count). The Morgan fingerprint density at radius 2 is 1.88 bits per heavy atom. The lowest BCUT2D eigenvalue weighted by molar-refractivity contribution is 0.875. The maximum absolute atomic E-state index is 5.59. The molecule has 0 aliphatic carbocycles. The van der Waals surface area contributed by atoms with Crippen molar-refractivity contribution in [3.8, 4) is 11.5 Å². The van der Waals surface area contributed by atoms with Crippen molar-refractivity contribution in [3.05, 3.63) is 29.5 Å².